The van der Waals surface area contributed by atoms with Crippen LogP contribution in [0.15, 0.2) is 12.7 Å². The molecule has 66 valence electrons. The van der Waals surface area contributed by atoms with Gasteiger partial charge in [0, 0.05) is 21.3 Å². The highest BCUT2D eigenvalue weighted by molar-refractivity contribution is 7.86. The second-order valence-corrected chi connectivity index (χ2v) is 5.92. The molecule has 0 aromatic rings. The minimum absolute atomic E-state index is 0.0544. The van der Waals surface area contributed by atoms with E-state index in [0.29, 0.717) is 0 Å². The van der Waals surface area contributed by atoms with Crippen LogP contribution in [-0.2, 0) is 10.8 Å². The Morgan fingerprint density at radius 3 is 2.36 bits per heavy atom. The molecule has 0 N–H and O–H groups in total. The van der Waals surface area contributed by atoms with Crippen molar-refractivity contribution in [3.63, 3.8) is 0 Å². The van der Waals surface area contributed by atoms with Crippen LogP contribution in [0.4, 0.5) is 0 Å². The van der Waals surface area contributed by atoms with Gasteiger partial charge in [-0.1, -0.05) is 6.08 Å². The van der Waals surface area contributed by atoms with Gasteiger partial charge in [-0.15, -0.1) is 6.58 Å². The molecule has 0 aromatic carbocycles. The zero-order chi connectivity index (χ0) is 8.91. The third kappa shape index (κ3) is 5.19. The molecule has 0 saturated carbocycles. The average Bonchev–Trinajstić information content (AvgIpc) is 1.86. The first-order valence-electron chi connectivity index (χ1n) is 3.98. The fourth-order valence-electron chi connectivity index (χ4n) is 0.665. The van der Waals surface area contributed by atoms with E-state index < -0.39 is 10.8 Å². The summed E-state index contributed by atoms with van der Waals surface area (Å²) >= 11 is 0. The molecular formula is C9H18OS. The van der Waals surface area contributed by atoms with E-state index in [9.17, 15) is 4.21 Å². The Morgan fingerprint density at radius 1 is 1.45 bits per heavy atom. The van der Waals surface area contributed by atoms with Gasteiger partial charge in [-0.05, 0) is 33.6 Å². The first-order chi connectivity index (χ1) is 4.98. The van der Waals surface area contributed by atoms with Gasteiger partial charge in [0.1, 0.15) is 0 Å². The fourth-order valence-corrected chi connectivity index (χ4v) is 1.71. The lowest BCUT2D eigenvalue weighted by Crippen LogP contribution is -2.23. The van der Waals surface area contributed by atoms with Crippen molar-refractivity contribution in [1.82, 2.24) is 0 Å². The maximum Gasteiger partial charge on any atom is 0.0375 e. The van der Waals surface area contributed by atoms with Crippen LogP contribution in [0.3, 0.4) is 0 Å². The summed E-state index contributed by atoms with van der Waals surface area (Å²) in [5.41, 5.74) is 0. The van der Waals surface area contributed by atoms with E-state index in [1.54, 1.807) is 0 Å². The van der Waals surface area contributed by atoms with Crippen molar-refractivity contribution in [3.05, 3.63) is 12.7 Å². The maximum absolute atomic E-state index is 11.4. The molecule has 0 aliphatic heterocycles. The van der Waals surface area contributed by atoms with Gasteiger partial charge in [-0.3, -0.25) is 4.21 Å². The highest BCUT2D eigenvalue weighted by atomic mass is 32.2. The molecule has 0 rings (SSSR count). The van der Waals surface area contributed by atoms with Gasteiger partial charge < -0.3 is 0 Å². The Morgan fingerprint density at radius 2 is 2.00 bits per heavy atom. The van der Waals surface area contributed by atoms with E-state index in [4.69, 9.17) is 0 Å². The van der Waals surface area contributed by atoms with E-state index in [1.807, 2.05) is 26.8 Å². The number of unbranched alkanes of at least 4 members (excludes halogenated alkanes) is 1. The maximum atomic E-state index is 11.4. The van der Waals surface area contributed by atoms with Crippen LogP contribution in [0.25, 0.3) is 0 Å². The quantitative estimate of drug-likeness (QED) is 0.473. The molecule has 0 aromatic heterocycles. The third-order valence-electron chi connectivity index (χ3n) is 1.42. The molecule has 1 atom stereocenters. The van der Waals surface area contributed by atoms with Crippen molar-refractivity contribution >= 4 is 10.8 Å². The Kier molecular flexibility index (Phi) is 4.66. The molecule has 2 heteroatoms. The van der Waals surface area contributed by atoms with Crippen molar-refractivity contribution in [2.45, 2.75) is 38.4 Å². The van der Waals surface area contributed by atoms with E-state index in [-0.39, 0.29) is 4.75 Å². The van der Waals surface area contributed by atoms with Crippen molar-refractivity contribution in [2.75, 3.05) is 5.75 Å². The minimum Gasteiger partial charge on any atom is -0.259 e. The fraction of sp³-hybridized carbons (Fsp3) is 0.778. The molecule has 0 radical (unpaired) electrons. The summed E-state index contributed by atoms with van der Waals surface area (Å²) in [7, 11) is -0.687. The van der Waals surface area contributed by atoms with Crippen LogP contribution < -0.4 is 0 Å². The Hall–Kier alpha value is -0.110. The van der Waals surface area contributed by atoms with E-state index >= 15 is 0 Å². The largest absolute Gasteiger partial charge is 0.259 e. The predicted octanol–water partition coefficient (Wildman–Crippen LogP) is 2.50. The molecule has 0 aliphatic rings. The molecule has 0 aliphatic carbocycles. The second kappa shape index (κ2) is 4.70. The van der Waals surface area contributed by atoms with Crippen LogP contribution in [0, 0.1) is 0 Å². The SMILES string of the molecule is C=CCCCS(=O)C(C)(C)C. The van der Waals surface area contributed by atoms with Gasteiger partial charge in [0.05, 0.1) is 0 Å². The molecule has 0 amide bonds. The number of hydrogen-bond donors (Lipinski definition) is 0. The lowest BCUT2D eigenvalue weighted by atomic mass is 10.3. The standard InChI is InChI=1S/C9H18OS/c1-5-6-7-8-11(10)9(2,3)4/h5H,1,6-8H2,2-4H3. The first kappa shape index (κ1) is 10.9. The summed E-state index contributed by atoms with van der Waals surface area (Å²) in [6.07, 6.45) is 3.84. The highest BCUT2D eigenvalue weighted by Crippen LogP contribution is 2.12. The van der Waals surface area contributed by atoms with E-state index in [0.717, 1.165) is 18.6 Å². The zero-order valence-electron chi connectivity index (χ0n) is 7.72. The predicted molar refractivity (Wildman–Crippen MR) is 52.2 cm³/mol. The molecule has 11 heavy (non-hydrogen) atoms. The van der Waals surface area contributed by atoms with Crippen molar-refractivity contribution in [3.8, 4) is 0 Å². The zero-order valence-corrected chi connectivity index (χ0v) is 8.54. The number of rotatable bonds is 4. The Balaban J connectivity index is 3.62. The lowest BCUT2D eigenvalue weighted by Gasteiger charge is -2.16. The molecule has 0 spiro atoms. The molecule has 0 heterocycles. The smallest absolute Gasteiger partial charge is 0.0375 e. The minimum atomic E-state index is -0.687. The van der Waals surface area contributed by atoms with E-state index in [2.05, 4.69) is 6.58 Å². The topological polar surface area (TPSA) is 17.1 Å². The molecule has 1 nitrogen and oxygen atoms in total. The molecule has 0 fully saturated rings. The monoisotopic (exact) mass is 174 g/mol. The first-order valence-corrected chi connectivity index (χ1v) is 5.29. The van der Waals surface area contributed by atoms with Crippen LogP contribution in [0.2, 0.25) is 0 Å². The Labute approximate surface area is 72.3 Å². The normalized spacial score (nSPS) is 14.5. The van der Waals surface area contributed by atoms with Crippen molar-refractivity contribution < 1.29 is 4.21 Å². The van der Waals surface area contributed by atoms with Crippen LogP contribution in [-0.4, -0.2) is 14.7 Å². The van der Waals surface area contributed by atoms with Gasteiger partial charge in [0.2, 0.25) is 0 Å². The van der Waals surface area contributed by atoms with Gasteiger partial charge in [0.15, 0.2) is 0 Å². The summed E-state index contributed by atoms with van der Waals surface area (Å²) in [5, 5.41) is 0. The highest BCUT2D eigenvalue weighted by Gasteiger charge is 2.17. The van der Waals surface area contributed by atoms with Gasteiger partial charge in [-0.25, -0.2) is 0 Å². The Bertz CT molecular complexity index is 144. The summed E-state index contributed by atoms with van der Waals surface area (Å²) in [5.74, 6) is 0.801. The lowest BCUT2D eigenvalue weighted by molar-refractivity contribution is 0.646. The summed E-state index contributed by atoms with van der Waals surface area (Å²) < 4.78 is 11.4. The molecular weight excluding hydrogens is 156 g/mol. The average molecular weight is 174 g/mol. The molecule has 0 saturated heterocycles. The van der Waals surface area contributed by atoms with Gasteiger partial charge >= 0.3 is 0 Å². The number of hydrogen-bond acceptors (Lipinski definition) is 1. The van der Waals surface area contributed by atoms with Crippen LogP contribution in [0.1, 0.15) is 33.6 Å². The van der Waals surface area contributed by atoms with Gasteiger partial charge in [0.25, 0.3) is 0 Å². The van der Waals surface area contributed by atoms with Crippen molar-refractivity contribution in [2.24, 2.45) is 0 Å². The van der Waals surface area contributed by atoms with Gasteiger partial charge in [-0.2, -0.15) is 0 Å². The van der Waals surface area contributed by atoms with Crippen LogP contribution >= 0.6 is 0 Å². The molecule has 1 unspecified atom stereocenters. The summed E-state index contributed by atoms with van der Waals surface area (Å²) in [6, 6.07) is 0. The van der Waals surface area contributed by atoms with E-state index in [1.165, 1.54) is 0 Å². The van der Waals surface area contributed by atoms with Crippen LogP contribution in [0.5, 0.6) is 0 Å². The summed E-state index contributed by atoms with van der Waals surface area (Å²) in [4.78, 5) is 0. The molecule has 0 bridgehead atoms. The van der Waals surface area contributed by atoms with Crippen molar-refractivity contribution in [1.29, 1.82) is 0 Å². The third-order valence-corrected chi connectivity index (χ3v) is 3.45. The second-order valence-electron chi connectivity index (χ2n) is 3.59. The summed E-state index contributed by atoms with van der Waals surface area (Å²) in [6.45, 7) is 9.65. The number of allylic oxidation sites excluding steroid dienone is 1.